The van der Waals surface area contributed by atoms with Crippen molar-refractivity contribution in [3.63, 3.8) is 0 Å². The highest BCUT2D eigenvalue weighted by Crippen LogP contribution is 2.10. The van der Waals surface area contributed by atoms with Gasteiger partial charge in [-0.05, 0) is 67.2 Å². The van der Waals surface area contributed by atoms with Gasteiger partial charge in [-0.1, -0.05) is 0 Å². The molecule has 0 spiro atoms. The molecule has 32 nitrogen and oxygen atoms in total. The molecule has 0 aliphatic carbocycles. The van der Waals surface area contributed by atoms with Gasteiger partial charge in [-0.25, -0.2) is 0 Å². The quantitative estimate of drug-likeness (QED) is 0.0501. The summed E-state index contributed by atoms with van der Waals surface area (Å²) in [7, 11) is 6.30. The molecule has 32 heteroatoms. The largest absolute Gasteiger partial charge is 0.382 e. The van der Waals surface area contributed by atoms with Crippen LogP contribution < -0.4 is 21.3 Å². The molecule has 0 aromatic rings. The van der Waals surface area contributed by atoms with E-state index in [1.165, 1.54) is 0 Å². The first-order chi connectivity index (χ1) is 46.5. The van der Waals surface area contributed by atoms with Crippen LogP contribution in [0, 0.1) is 0 Å². The van der Waals surface area contributed by atoms with E-state index in [0.717, 1.165) is 0 Å². The third kappa shape index (κ3) is 62.6. The van der Waals surface area contributed by atoms with Gasteiger partial charge < -0.3 is 125 Å². The molecule has 0 aliphatic rings. The van der Waals surface area contributed by atoms with E-state index in [1.54, 1.807) is 70.0 Å². The van der Waals surface area contributed by atoms with Crippen molar-refractivity contribution in [2.75, 3.05) is 227 Å². The second-order valence-electron chi connectivity index (χ2n) is 21.1. The fourth-order valence-electron chi connectivity index (χ4n) is 7.81. The van der Waals surface area contributed by atoms with Crippen molar-refractivity contribution < 1.29 is 133 Å². The van der Waals surface area contributed by atoms with E-state index in [9.17, 15) is 28.8 Å². The Morgan fingerprint density at radius 1 is 0.281 bits per heavy atom. The molecule has 0 radical (unpaired) electrons. The lowest BCUT2D eigenvalue weighted by molar-refractivity contribution is -0.152. The van der Waals surface area contributed by atoms with Gasteiger partial charge in [-0.3, -0.25) is 28.8 Å². The molecule has 8 unspecified atom stereocenters. The van der Waals surface area contributed by atoms with Gasteiger partial charge in [0.05, 0.1) is 178 Å². The molecule has 8 atom stereocenters. The van der Waals surface area contributed by atoms with Crippen molar-refractivity contribution >= 4 is 35.2 Å². The molecule has 0 bridgehead atoms. The lowest BCUT2D eigenvalue weighted by atomic mass is 10.00. The summed E-state index contributed by atoms with van der Waals surface area (Å²) in [6, 6.07) is -1.96. The molecule has 566 valence electrons. The number of nitrogens with one attached hydrogen (secondary N) is 4. The summed E-state index contributed by atoms with van der Waals surface area (Å²) in [5.41, 5.74) is 0. The van der Waals surface area contributed by atoms with E-state index < -0.39 is 55.0 Å². The van der Waals surface area contributed by atoms with Crippen LogP contribution in [0.15, 0.2) is 0 Å². The van der Waals surface area contributed by atoms with Crippen LogP contribution in [-0.2, 0) is 133 Å². The monoisotopic (exact) mass is 1390 g/mol. The minimum atomic E-state index is -1.05. The number of rotatable bonds is 75. The highest BCUT2D eigenvalue weighted by Gasteiger charge is 2.24. The van der Waals surface area contributed by atoms with Crippen molar-refractivity contribution in [2.45, 2.75) is 156 Å². The Morgan fingerprint density at radius 2 is 0.594 bits per heavy atom. The summed E-state index contributed by atoms with van der Waals surface area (Å²) in [6.07, 6.45) is -1.26. The van der Waals surface area contributed by atoms with E-state index in [2.05, 4.69) is 21.3 Å². The second kappa shape index (κ2) is 68.5. The third-order valence-electron chi connectivity index (χ3n) is 13.2. The molecule has 0 saturated heterocycles. The van der Waals surface area contributed by atoms with Crippen LogP contribution in [0.5, 0.6) is 0 Å². The number of hydrogen-bond donors (Lipinski definition) is 4. The minimum Gasteiger partial charge on any atom is -0.382 e. The maximum atomic E-state index is 13.5. The number of amides is 4. The molecule has 4 amide bonds. The maximum absolute atomic E-state index is 13.5. The number of carbonyl (C=O) groups excluding carboxylic acids is 6. The Hall–Kier alpha value is -3.66. The molecule has 0 heterocycles. The van der Waals surface area contributed by atoms with Crippen LogP contribution >= 0.6 is 0 Å². The standard InChI is InChI=1S/C64H122N4O28/c1-51(77-9)87-43-37-85-39-49-95-55(5)92-46-34-80-24-12-14-60(70)58(16-15-57(69)13-11-23-79-33-45-91-53(3)89-41-29-75-7)67-62(72)19-25-81-31-32-82-26-20-63(73)68-59(17-18-61(71)65-21-27-83-35-47-93-54(4)90-42-30-76-8)64(74)66-22-28-84-36-48-94-56(6)96-50-40-86-38-44-88-52(2)78-10/h51-56,58-59H,11-50H2,1-10H3,(H,65,71)(H,66,74)(H,67,72)(H,68,73). The van der Waals surface area contributed by atoms with E-state index in [1.807, 2.05) is 0 Å². The van der Waals surface area contributed by atoms with Crippen molar-refractivity contribution in [1.82, 2.24) is 21.3 Å². The van der Waals surface area contributed by atoms with E-state index in [0.29, 0.717) is 119 Å². The number of ether oxygens (including phenoxy) is 22. The third-order valence-corrected chi connectivity index (χ3v) is 13.2. The van der Waals surface area contributed by atoms with Gasteiger partial charge in [0.2, 0.25) is 23.6 Å². The summed E-state index contributed by atoms with van der Waals surface area (Å²) in [4.78, 5) is 78.8. The van der Waals surface area contributed by atoms with Crippen LogP contribution in [0.25, 0.3) is 0 Å². The average molecular weight is 1400 g/mol. The summed E-state index contributed by atoms with van der Waals surface area (Å²) >= 11 is 0. The van der Waals surface area contributed by atoms with Crippen molar-refractivity contribution in [2.24, 2.45) is 0 Å². The molecule has 0 rings (SSSR count). The molecule has 0 aromatic carbocycles. The first-order valence-electron chi connectivity index (χ1n) is 33.5. The number of hydrogen-bond acceptors (Lipinski definition) is 28. The highest BCUT2D eigenvalue weighted by atomic mass is 16.7. The zero-order valence-electron chi connectivity index (χ0n) is 59.3. The number of ketones is 2. The Bertz CT molecular complexity index is 1710. The molecule has 96 heavy (non-hydrogen) atoms. The van der Waals surface area contributed by atoms with Crippen LogP contribution in [0.3, 0.4) is 0 Å². The van der Waals surface area contributed by atoms with Crippen molar-refractivity contribution in [1.29, 1.82) is 0 Å². The molecular formula is C64H122N4O28. The predicted octanol–water partition coefficient (Wildman–Crippen LogP) is 2.19. The van der Waals surface area contributed by atoms with E-state index in [4.69, 9.17) is 104 Å². The van der Waals surface area contributed by atoms with Crippen LogP contribution in [0.4, 0.5) is 0 Å². The fourth-order valence-corrected chi connectivity index (χ4v) is 7.81. The van der Waals surface area contributed by atoms with Gasteiger partial charge >= 0.3 is 0 Å². The van der Waals surface area contributed by atoms with Crippen LogP contribution in [0.2, 0.25) is 0 Å². The molecule has 4 N–H and O–H groups in total. The van der Waals surface area contributed by atoms with Gasteiger partial charge in [0, 0.05) is 93.3 Å². The van der Waals surface area contributed by atoms with Crippen LogP contribution in [0.1, 0.15) is 106 Å². The SMILES string of the molecule is COCCOC(C)OCCOCCCC(=O)CCC(NC(=O)CCOCCOCCC(=O)NC(CCC(=O)NCCOCCOC(C)OCCOC)C(=O)NCCOCCOC(C)OCCOCCOC(C)OC)C(=O)CCCOCCOC(C)OCCOCCOC(C)OC. The predicted molar refractivity (Wildman–Crippen MR) is 347 cm³/mol. The minimum absolute atomic E-state index is 0.00157. The van der Waals surface area contributed by atoms with Gasteiger partial charge in [0.25, 0.3) is 0 Å². The van der Waals surface area contributed by atoms with Gasteiger partial charge in [-0.15, -0.1) is 0 Å². The van der Waals surface area contributed by atoms with Gasteiger partial charge in [-0.2, -0.15) is 0 Å². The topological polar surface area (TPSA) is 354 Å². The lowest BCUT2D eigenvalue weighted by Gasteiger charge is -2.19. The Kier molecular flexibility index (Phi) is 65.9. The summed E-state index contributed by atoms with van der Waals surface area (Å²) in [5.74, 6) is -2.07. The summed E-state index contributed by atoms with van der Waals surface area (Å²) in [6.45, 7) is 19.1. The lowest BCUT2D eigenvalue weighted by Crippen LogP contribution is -2.48. The first-order valence-corrected chi connectivity index (χ1v) is 33.5. The zero-order valence-corrected chi connectivity index (χ0v) is 59.3. The van der Waals surface area contributed by atoms with Crippen LogP contribution in [-0.4, -0.2) is 312 Å². The van der Waals surface area contributed by atoms with Gasteiger partial charge in [0.15, 0.2) is 43.5 Å². The normalized spacial score (nSPS) is 14.1. The number of methoxy groups -OCH3 is 4. The molecule has 0 fully saturated rings. The second-order valence-corrected chi connectivity index (χ2v) is 21.1. The van der Waals surface area contributed by atoms with E-state index >= 15 is 0 Å². The van der Waals surface area contributed by atoms with Crippen molar-refractivity contribution in [3.05, 3.63) is 0 Å². The maximum Gasteiger partial charge on any atom is 0.242 e. The fraction of sp³-hybridized carbons (Fsp3) is 0.906. The summed E-state index contributed by atoms with van der Waals surface area (Å²) in [5, 5.41) is 11.0. The van der Waals surface area contributed by atoms with Gasteiger partial charge in [0.1, 0.15) is 11.8 Å². The Balaban J connectivity index is 5.08. The Labute approximate surface area is 569 Å². The average Bonchev–Trinajstić information content (AvgIpc) is 1.69. The zero-order chi connectivity index (χ0) is 70.8. The number of Topliss-reactive ketones (excluding diaryl/α,β-unsaturated/α-hetero) is 2. The highest BCUT2D eigenvalue weighted by molar-refractivity contribution is 5.90. The van der Waals surface area contributed by atoms with Crippen molar-refractivity contribution in [3.8, 4) is 0 Å². The molecule has 0 aliphatic heterocycles. The molecular weight excluding hydrogens is 1270 g/mol. The molecule has 0 saturated carbocycles. The smallest absolute Gasteiger partial charge is 0.242 e. The van der Waals surface area contributed by atoms with E-state index in [-0.39, 0.29) is 174 Å². The number of carbonyl (C=O) groups is 6. The first kappa shape index (κ1) is 92.3. The Morgan fingerprint density at radius 3 is 0.990 bits per heavy atom. The molecule has 0 aromatic heterocycles. The summed E-state index contributed by atoms with van der Waals surface area (Å²) < 4.78 is 120.